The van der Waals surface area contributed by atoms with E-state index < -0.39 is 0 Å². The molecule has 0 saturated carbocycles. The number of hydrogen-bond donors (Lipinski definition) is 2. The third-order valence-corrected chi connectivity index (χ3v) is 2.55. The first-order valence-corrected chi connectivity index (χ1v) is 6.25. The van der Waals surface area contributed by atoms with E-state index in [9.17, 15) is 4.79 Å². The van der Waals surface area contributed by atoms with Gasteiger partial charge in [-0.15, -0.1) is 6.58 Å². The van der Waals surface area contributed by atoms with E-state index in [2.05, 4.69) is 37.6 Å². The smallest absolute Gasteiger partial charge is 0.234 e. The molecule has 0 aromatic carbocycles. The minimum absolute atomic E-state index is 0.0474. The highest BCUT2D eigenvalue weighted by molar-refractivity contribution is 5.78. The molecule has 0 aromatic heterocycles. The molecule has 0 aliphatic carbocycles. The Morgan fingerprint density at radius 3 is 2.65 bits per heavy atom. The predicted octanol–water partition coefficient (Wildman–Crippen LogP) is 0.986. The number of amides is 1. The summed E-state index contributed by atoms with van der Waals surface area (Å²) in [6.45, 7) is 13.3. The zero-order valence-electron chi connectivity index (χ0n) is 11.5. The fourth-order valence-electron chi connectivity index (χ4n) is 1.65. The first-order valence-electron chi connectivity index (χ1n) is 6.25. The Balaban J connectivity index is 4.22. The van der Waals surface area contributed by atoms with Crippen LogP contribution in [0.2, 0.25) is 0 Å². The van der Waals surface area contributed by atoms with Gasteiger partial charge in [-0.05, 0) is 24.9 Å². The summed E-state index contributed by atoms with van der Waals surface area (Å²) in [5.74, 6) is 0.0474. The molecule has 0 spiro atoms. The topological polar surface area (TPSA) is 58.4 Å². The van der Waals surface area contributed by atoms with Gasteiger partial charge in [-0.3, -0.25) is 9.69 Å². The van der Waals surface area contributed by atoms with E-state index in [0.717, 1.165) is 19.5 Å². The SMILES string of the molecule is C=CCNC(=O)CN(CCC)CC(C)(C)CN. The van der Waals surface area contributed by atoms with Crippen LogP contribution in [0.5, 0.6) is 0 Å². The van der Waals surface area contributed by atoms with Crippen LogP contribution in [0.15, 0.2) is 12.7 Å². The van der Waals surface area contributed by atoms with Crippen molar-refractivity contribution in [3.8, 4) is 0 Å². The highest BCUT2D eigenvalue weighted by atomic mass is 16.2. The van der Waals surface area contributed by atoms with E-state index in [4.69, 9.17) is 5.73 Å². The molecule has 0 aliphatic rings. The van der Waals surface area contributed by atoms with Crippen molar-refractivity contribution in [3.05, 3.63) is 12.7 Å². The summed E-state index contributed by atoms with van der Waals surface area (Å²) in [6, 6.07) is 0. The highest BCUT2D eigenvalue weighted by Crippen LogP contribution is 2.14. The van der Waals surface area contributed by atoms with Crippen LogP contribution in [-0.4, -0.2) is 43.5 Å². The summed E-state index contributed by atoms with van der Waals surface area (Å²) in [5, 5.41) is 2.80. The lowest BCUT2D eigenvalue weighted by molar-refractivity contribution is -0.122. The fraction of sp³-hybridized carbons (Fsp3) is 0.769. The molecule has 0 rings (SSSR count). The second-order valence-corrected chi connectivity index (χ2v) is 5.17. The van der Waals surface area contributed by atoms with Crippen LogP contribution < -0.4 is 11.1 Å². The van der Waals surface area contributed by atoms with Gasteiger partial charge in [-0.2, -0.15) is 0 Å². The van der Waals surface area contributed by atoms with Crippen molar-refractivity contribution in [1.82, 2.24) is 10.2 Å². The lowest BCUT2D eigenvalue weighted by Crippen LogP contribution is -2.44. The van der Waals surface area contributed by atoms with Crippen molar-refractivity contribution >= 4 is 5.91 Å². The number of nitrogens with two attached hydrogens (primary N) is 1. The van der Waals surface area contributed by atoms with Gasteiger partial charge >= 0.3 is 0 Å². The summed E-state index contributed by atoms with van der Waals surface area (Å²) >= 11 is 0. The Kier molecular flexibility index (Phi) is 7.83. The molecule has 0 heterocycles. The average molecular weight is 241 g/mol. The van der Waals surface area contributed by atoms with Crippen molar-refractivity contribution in [2.75, 3.05) is 32.7 Å². The molecule has 0 aromatic rings. The predicted molar refractivity (Wildman–Crippen MR) is 72.8 cm³/mol. The number of nitrogens with zero attached hydrogens (tertiary/aromatic N) is 1. The zero-order chi connectivity index (χ0) is 13.3. The van der Waals surface area contributed by atoms with Gasteiger partial charge in [0.25, 0.3) is 0 Å². The quantitative estimate of drug-likeness (QED) is 0.592. The molecule has 3 N–H and O–H groups in total. The Morgan fingerprint density at radius 2 is 2.18 bits per heavy atom. The van der Waals surface area contributed by atoms with Crippen molar-refractivity contribution in [2.24, 2.45) is 11.1 Å². The second kappa shape index (κ2) is 8.25. The molecular formula is C13H27N3O. The molecule has 0 atom stereocenters. The summed E-state index contributed by atoms with van der Waals surface area (Å²) in [5.41, 5.74) is 5.77. The number of carbonyl (C=O) groups is 1. The number of carbonyl (C=O) groups excluding carboxylic acids is 1. The lowest BCUT2D eigenvalue weighted by atomic mass is 9.93. The Hall–Kier alpha value is -0.870. The van der Waals surface area contributed by atoms with E-state index in [1.54, 1.807) is 6.08 Å². The summed E-state index contributed by atoms with van der Waals surface area (Å²) in [4.78, 5) is 13.8. The van der Waals surface area contributed by atoms with Gasteiger partial charge in [-0.1, -0.05) is 26.8 Å². The van der Waals surface area contributed by atoms with Crippen LogP contribution in [0.4, 0.5) is 0 Å². The third-order valence-electron chi connectivity index (χ3n) is 2.55. The third kappa shape index (κ3) is 7.94. The second-order valence-electron chi connectivity index (χ2n) is 5.17. The van der Waals surface area contributed by atoms with Crippen molar-refractivity contribution in [1.29, 1.82) is 0 Å². The fourth-order valence-corrected chi connectivity index (χ4v) is 1.65. The van der Waals surface area contributed by atoms with Crippen LogP contribution in [0.25, 0.3) is 0 Å². The average Bonchev–Trinajstić information content (AvgIpc) is 2.26. The molecule has 17 heavy (non-hydrogen) atoms. The van der Waals surface area contributed by atoms with Crippen LogP contribution >= 0.6 is 0 Å². The first kappa shape index (κ1) is 16.1. The molecule has 0 bridgehead atoms. The molecular weight excluding hydrogens is 214 g/mol. The zero-order valence-corrected chi connectivity index (χ0v) is 11.5. The summed E-state index contributed by atoms with van der Waals surface area (Å²) < 4.78 is 0. The van der Waals surface area contributed by atoms with Gasteiger partial charge in [-0.25, -0.2) is 0 Å². The largest absolute Gasteiger partial charge is 0.352 e. The Labute approximate surface area is 105 Å². The van der Waals surface area contributed by atoms with E-state index in [1.165, 1.54) is 0 Å². The van der Waals surface area contributed by atoms with E-state index in [0.29, 0.717) is 19.6 Å². The molecule has 0 fully saturated rings. The molecule has 0 aliphatic heterocycles. The monoisotopic (exact) mass is 241 g/mol. The van der Waals surface area contributed by atoms with Crippen molar-refractivity contribution in [2.45, 2.75) is 27.2 Å². The molecule has 0 saturated heterocycles. The van der Waals surface area contributed by atoms with Crippen LogP contribution in [0, 0.1) is 5.41 Å². The molecule has 1 amide bonds. The minimum atomic E-state index is 0.0474. The highest BCUT2D eigenvalue weighted by Gasteiger charge is 2.21. The van der Waals surface area contributed by atoms with Gasteiger partial charge in [0.2, 0.25) is 5.91 Å². The van der Waals surface area contributed by atoms with Crippen molar-refractivity contribution in [3.63, 3.8) is 0 Å². The Bertz CT molecular complexity index is 239. The van der Waals surface area contributed by atoms with Gasteiger partial charge in [0, 0.05) is 13.1 Å². The Morgan fingerprint density at radius 1 is 1.53 bits per heavy atom. The standard InChI is InChI=1S/C13H27N3O/c1-5-7-15-12(17)9-16(8-6-2)11-13(3,4)10-14/h5H,1,6-11,14H2,2-4H3,(H,15,17). The lowest BCUT2D eigenvalue weighted by Gasteiger charge is -2.31. The molecule has 100 valence electrons. The molecule has 0 radical (unpaired) electrons. The van der Waals surface area contributed by atoms with Gasteiger partial charge < -0.3 is 11.1 Å². The van der Waals surface area contributed by atoms with Crippen LogP contribution in [-0.2, 0) is 4.79 Å². The number of rotatable bonds is 9. The van der Waals surface area contributed by atoms with E-state index in [1.807, 2.05) is 0 Å². The van der Waals surface area contributed by atoms with Gasteiger partial charge in [0.15, 0.2) is 0 Å². The van der Waals surface area contributed by atoms with Crippen molar-refractivity contribution < 1.29 is 4.79 Å². The van der Waals surface area contributed by atoms with Gasteiger partial charge in [0.05, 0.1) is 6.54 Å². The maximum absolute atomic E-state index is 11.6. The maximum atomic E-state index is 11.6. The summed E-state index contributed by atoms with van der Waals surface area (Å²) in [6.07, 6.45) is 2.72. The summed E-state index contributed by atoms with van der Waals surface area (Å²) in [7, 11) is 0. The normalized spacial score (nSPS) is 11.6. The maximum Gasteiger partial charge on any atom is 0.234 e. The number of nitrogens with one attached hydrogen (secondary N) is 1. The van der Waals surface area contributed by atoms with E-state index >= 15 is 0 Å². The first-order chi connectivity index (χ1) is 7.95. The molecule has 0 unspecified atom stereocenters. The van der Waals surface area contributed by atoms with Crippen LogP contribution in [0.3, 0.4) is 0 Å². The number of hydrogen-bond acceptors (Lipinski definition) is 3. The minimum Gasteiger partial charge on any atom is -0.352 e. The van der Waals surface area contributed by atoms with E-state index in [-0.39, 0.29) is 11.3 Å². The molecule has 4 heteroatoms. The molecule has 4 nitrogen and oxygen atoms in total. The van der Waals surface area contributed by atoms with Crippen LogP contribution in [0.1, 0.15) is 27.2 Å². The van der Waals surface area contributed by atoms with Gasteiger partial charge in [0.1, 0.15) is 0 Å².